The van der Waals surface area contributed by atoms with Crippen molar-refractivity contribution in [2.75, 3.05) is 12.3 Å². The van der Waals surface area contributed by atoms with E-state index >= 15 is 0 Å². The minimum absolute atomic E-state index is 0.103. The fraction of sp³-hybridized carbons (Fsp3) is 0.143. The van der Waals surface area contributed by atoms with Crippen molar-refractivity contribution in [3.05, 3.63) is 36.0 Å². The third kappa shape index (κ3) is 2.30. The SMILES string of the molecule is CCNC(=O)c1cnc(N)n2nc(-c3cccc(O)c3)nc12. The Balaban J connectivity index is 2.18. The number of carbonyl (C=O) groups excluding carboxylic acids is 1. The number of phenolic OH excluding ortho intramolecular Hbond substituents is 1. The fourth-order valence-electron chi connectivity index (χ4n) is 2.07. The molecule has 112 valence electrons. The lowest BCUT2D eigenvalue weighted by molar-refractivity contribution is 0.0956. The van der Waals surface area contributed by atoms with E-state index in [2.05, 4.69) is 20.4 Å². The van der Waals surface area contributed by atoms with Crippen molar-refractivity contribution < 1.29 is 9.90 Å². The van der Waals surface area contributed by atoms with Gasteiger partial charge in [-0.2, -0.15) is 4.52 Å². The lowest BCUT2D eigenvalue weighted by Crippen LogP contribution is -2.24. The lowest BCUT2D eigenvalue weighted by atomic mass is 10.2. The number of nitrogens with one attached hydrogen (secondary N) is 1. The van der Waals surface area contributed by atoms with Gasteiger partial charge in [-0.25, -0.2) is 9.97 Å². The third-order valence-electron chi connectivity index (χ3n) is 3.08. The molecule has 1 aromatic carbocycles. The summed E-state index contributed by atoms with van der Waals surface area (Å²) in [6, 6.07) is 6.52. The summed E-state index contributed by atoms with van der Waals surface area (Å²) in [4.78, 5) is 20.4. The molecule has 0 spiro atoms. The first-order valence-corrected chi connectivity index (χ1v) is 6.69. The molecular weight excluding hydrogens is 284 g/mol. The maximum atomic E-state index is 12.1. The van der Waals surface area contributed by atoms with Gasteiger partial charge in [0.25, 0.3) is 5.91 Å². The van der Waals surface area contributed by atoms with Crippen LogP contribution in [0.2, 0.25) is 0 Å². The molecule has 0 saturated heterocycles. The second-order valence-electron chi connectivity index (χ2n) is 4.61. The van der Waals surface area contributed by atoms with Crippen LogP contribution in [0.4, 0.5) is 5.95 Å². The molecule has 0 aliphatic heterocycles. The molecule has 8 nitrogen and oxygen atoms in total. The van der Waals surface area contributed by atoms with Crippen molar-refractivity contribution in [1.29, 1.82) is 0 Å². The number of amides is 1. The van der Waals surface area contributed by atoms with E-state index in [1.165, 1.54) is 16.8 Å². The predicted octanol–water partition coefficient (Wildman–Crippen LogP) is 0.829. The molecule has 3 rings (SSSR count). The third-order valence-corrected chi connectivity index (χ3v) is 3.08. The van der Waals surface area contributed by atoms with E-state index in [1.807, 2.05) is 6.92 Å². The highest BCUT2D eigenvalue weighted by molar-refractivity contribution is 5.99. The number of nitrogens with zero attached hydrogens (tertiary/aromatic N) is 4. The summed E-state index contributed by atoms with van der Waals surface area (Å²) in [7, 11) is 0. The summed E-state index contributed by atoms with van der Waals surface area (Å²) in [6.07, 6.45) is 1.37. The van der Waals surface area contributed by atoms with Gasteiger partial charge in [0.1, 0.15) is 11.3 Å². The molecule has 3 aromatic rings. The lowest BCUT2D eigenvalue weighted by Gasteiger charge is -2.03. The zero-order chi connectivity index (χ0) is 15.7. The number of nitrogen functional groups attached to an aromatic ring is 1. The molecule has 0 aliphatic carbocycles. The molecule has 22 heavy (non-hydrogen) atoms. The van der Waals surface area contributed by atoms with Crippen LogP contribution in [0.3, 0.4) is 0 Å². The van der Waals surface area contributed by atoms with Gasteiger partial charge in [0.15, 0.2) is 11.5 Å². The Labute approximate surface area is 125 Å². The molecule has 8 heteroatoms. The number of nitrogens with two attached hydrogens (primary N) is 1. The quantitative estimate of drug-likeness (QED) is 0.659. The van der Waals surface area contributed by atoms with E-state index in [0.29, 0.717) is 23.6 Å². The van der Waals surface area contributed by atoms with Crippen molar-refractivity contribution in [2.45, 2.75) is 6.92 Å². The summed E-state index contributed by atoms with van der Waals surface area (Å²) in [5.41, 5.74) is 7.01. The van der Waals surface area contributed by atoms with E-state index < -0.39 is 0 Å². The van der Waals surface area contributed by atoms with Gasteiger partial charge in [-0.1, -0.05) is 12.1 Å². The van der Waals surface area contributed by atoms with Crippen molar-refractivity contribution in [3.63, 3.8) is 0 Å². The molecule has 4 N–H and O–H groups in total. The van der Waals surface area contributed by atoms with Crippen LogP contribution in [0.1, 0.15) is 17.3 Å². The maximum absolute atomic E-state index is 12.1. The Morgan fingerprint density at radius 2 is 2.27 bits per heavy atom. The van der Waals surface area contributed by atoms with Crippen LogP contribution in [0.25, 0.3) is 17.0 Å². The highest BCUT2D eigenvalue weighted by Gasteiger charge is 2.17. The summed E-state index contributed by atoms with van der Waals surface area (Å²) < 4.78 is 1.31. The summed E-state index contributed by atoms with van der Waals surface area (Å²) in [5, 5.41) is 16.5. The molecule has 2 heterocycles. The molecule has 0 unspecified atom stereocenters. The second kappa shape index (κ2) is 5.32. The van der Waals surface area contributed by atoms with Gasteiger partial charge >= 0.3 is 0 Å². The van der Waals surface area contributed by atoms with E-state index in [0.717, 1.165) is 0 Å². The van der Waals surface area contributed by atoms with Crippen LogP contribution in [0.15, 0.2) is 30.5 Å². The number of hydrogen-bond donors (Lipinski definition) is 3. The van der Waals surface area contributed by atoms with E-state index in [4.69, 9.17) is 5.73 Å². The Bertz CT molecular complexity index is 858. The number of benzene rings is 1. The number of aromatic nitrogens is 4. The van der Waals surface area contributed by atoms with Crippen LogP contribution >= 0.6 is 0 Å². The second-order valence-corrected chi connectivity index (χ2v) is 4.61. The molecule has 0 aliphatic rings. The first-order chi connectivity index (χ1) is 10.6. The zero-order valence-corrected chi connectivity index (χ0v) is 11.8. The first-order valence-electron chi connectivity index (χ1n) is 6.69. The highest BCUT2D eigenvalue weighted by atomic mass is 16.3. The number of hydrogen-bond acceptors (Lipinski definition) is 6. The Morgan fingerprint density at radius 1 is 1.45 bits per heavy atom. The average molecular weight is 298 g/mol. The molecular formula is C14H14N6O2. The van der Waals surface area contributed by atoms with Crippen molar-refractivity contribution in [3.8, 4) is 17.1 Å². The van der Waals surface area contributed by atoms with Gasteiger partial charge in [-0.05, 0) is 19.1 Å². The Kier molecular flexibility index (Phi) is 3.34. The standard InChI is InChI=1S/C14H14N6O2/c1-2-16-13(22)10-7-17-14(15)20-12(10)18-11(19-20)8-4-3-5-9(21)6-8/h3-7,21H,2H2,1H3,(H2,15,17)(H,16,22). The normalized spacial score (nSPS) is 10.8. The van der Waals surface area contributed by atoms with Crippen LogP contribution in [0, 0.1) is 0 Å². The molecule has 0 bridgehead atoms. The molecule has 0 radical (unpaired) electrons. The number of fused-ring (bicyclic) bond motifs is 1. The maximum Gasteiger partial charge on any atom is 0.256 e. The number of aromatic hydroxyl groups is 1. The molecule has 0 saturated carbocycles. The number of anilines is 1. The average Bonchev–Trinajstić information content (AvgIpc) is 2.94. The molecule has 2 aromatic heterocycles. The van der Waals surface area contributed by atoms with Crippen molar-refractivity contribution >= 4 is 17.5 Å². The Hall–Kier alpha value is -3.16. The van der Waals surface area contributed by atoms with Gasteiger partial charge in [-0.15, -0.1) is 5.10 Å². The zero-order valence-electron chi connectivity index (χ0n) is 11.8. The number of rotatable bonds is 3. The van der Waals surface area contributed by atoms with E-state index in [-0.39, 0.29) is 23.2 Å². The largest absolute Gasteiger partial charge is 0.508 e. The van der Waals surface area contributed by atoms with Gasteiger partial charge in [0.2, 0.25) is 5.95 Å². The van der Waals surface area contributed by atoms with Gasteiger partial charge in [0, 0.05) is 18.3 Å². The molecule has 0 fully saturated rings. The first kappa shape index (κ1) is 13.8. The monoisotopic (exact) mass is 298 g/mol. The van der Waals surface area contributed by atoms with E-state index in [9.17, 15) is 9.90 Å². The van der Waals surface area contributed by atoms with Crippen molar-refractivity contribution in [1.82, 2.24) is 24.9 Å². The Morgan fingerprint density at radius 3 is 3.00 bits per heavy atom. The highest BCUT2D eigenvalue weighted by Crippen LogP contribution is 2.22. The number of carbonyl (C=O) groups is 1. The smallest absolute Gasteiger partial charge is 0.256 e. The molecule has 1 amide bonds. The van der Waals surface area contributed by atoms with Crippen LogP contribution in [0.5, 0.6) is 5.75 Å². The minimum Gasteiger partial charge on any atom is -0.508 e. The molecule has 0 atom stereocenters. The van der Waals surface area contributed by atoms with Crippen LogP contribution in [-0.2, 0) is 0 Å². The summed E-state index contributed by atoms with van der Waals surface area (Å²) in [5.74, 6) is 0.282. The van der Waals surface area contributed by atoms with Gasteiger partial charge in [0.05, 0.1) is 0 Å². The van der Waals surface area contributed by atoms with Crippen LogP contribution < -0.4 is 11.1 Å². The van der Waals surface area contributed by atoms with Gasteiger partial charge in [-0.3, -0.25) is 4.79 Å². The summed E-state index contributed by atoms with van der Waals surface area (Å²) in [6.45, 7) is 2.31. The van der Waals surface area contributed by atoms with Crippen LogP contribution in [-0.4, -0.2) is 37.1 Å². The predicted molar refractivity (Wildman–Crippen MR) is 80.3 cm³/mol. The minimum atomic E-state index is -0.296. The fourth-order valence-corrected chi connectivity index (χ4v) is 2.07. The summed E-state index contributed by atoms with van der Waals surface area (Å²) >= 11 is 0. The van der Waals surface area contributed by atoms with Crippen molar-refractivity contribution in [2.24, 2.45) is 0 Å². The number of phenols is 1. The van der Waals surface area contributed by atoms with Gasteiger partial charge < -0.3 is 16.2 Å². The van der Waals surface area contributed by atoms with E-state index in [1.54, 1.807) is 18.2 Å². The topological polar surface area (TPSA) is 118 Å².